The first-order chi connectivity index (χ1) is 9.09. The monoisotopic (exact) mass is 282 g/mol. The number of hydrogen-bond donors (Lipinski definition) is 1. The summed E-state index contributed by atoms with van der Waals surface area (Å²) in [6.07, 6.45) is 5.09. The highest BCUT2D eigenvalue weighted by Crippen LogP contribution is 2.29. The number of nitrogens with one attached hydrogen (secondary N) is 1. The Morgan fingerprint density at radius 1 is 1.47 bits per heavy atom. The highest BCUT2D eigenvalue weighted by atomic mass is 35.5. The third-order valence-corrected chi connectivity index (χ3v) is 4.35. The molecule has 1 aliphatic rings. The summed E-state index contributed by atoms with van der Waals surface area (Å²) < 4.78 is 0. The van der Waals surface area contributed by atoms with Crippen molar-refractivity contribution in [1.29, 1.82) is 0 Å². The lowest BCUT2D eigenvalue weighted by Crippen LogP contribution is -2.32. The highest BCUT2D eigenvalue weighted by Gasteiger charge is 2.23. The number of benzene rings is 1. The van der Waals surface area contributed by atoms with Gasteiger partial charge in [-0.15, -0.1) is 0 Å². The van der Waals surface area contributed by atoms with E-state index in [4.69, 9.17) is 11.6 Å². The quantitative estimate of drug-likeness (QED) is 0.658. The highest BCUT2D eigenvalue weighted by molar-refractivity contribution is 6.31. The molecule has 1 atom stereocenters. The zero-order chi connectivity index (χ0) is 13.8. The number of rotatable bonds is 5. The fourth-order valence-electron chi connectivity index (χ4n) is 2.78. The van der Waals surface area contributed by atoms with E-state index < -0.39 is 0 Å². The summed E-state index contributed by atoms with van der Waals surface area (Å²) in [6, 6.07) is 5.19. The van der Waals surface area contributed by atoms with E-state index in [-0.39, 0.29) is 10.6 Å². The third kappa shape index (κ3) is 3.45. The van der Waals surface area contributed by atoms with Crippen LogP contribution in [0.25, 0.3) is 0 Å². The van der Waals surface area contributed by atoms with Crippen LogP contribution in [-0.4, -0.2) is 11.0 Å². The molecule has 1 saturated carbocycles. The van der Waals surface area contributed by atoms with Crippen LogP contribution in [0.1, 0.15) is 38.2 Å². The second-order valence-electron chi connectivity index (χ2n) is 5.21. The lowest BCUT2D eigenvalue weighted by Gasteiger charge is -2.20. The molecule has 1 N–H and O–H groups in total. The molecule has 19 heavy (non-hydrogen) atoms. The van der Waals surface area contributed by atoms with Gasteiger partial charge in [0.05, 0.1) is 15.5 Å². The van der Waals surface area contributed by atoms with Gasteiger partial charge in [-0.25, -0.2) is 0 Å². The zero-order valence-electron chi connectivity index (χ0n) is 11.1. The maximum atomic E-state index is 11.0. The van der Waals surface area contributed by atoms with Gasteiger partial charge in [0.2, 0.25) is 0 Å². The topological polar surface area (TPSA) is 55.2 Å². The van der Waals surface area contributed by atoms with Gasteiger partial charge in [-0.2, -0.15) is 0 Å². The minimum absolute atomic E-state index is 0.0959. The van der Waals surface area contributed by atoms with Crippen molar-refractivity contribution in [2.24, 2.45) is 5.92 Å². The normalized spacial score (nSPS) is 17.6. The van der Waals surface area contributed by atoms with Crippen molar-refractivity contribution < 1.29 is 4.92 Å². The summed E-state index contributed by atoms with van der Waals surface area (Å²) in [5.74, 6) is 0.682. The Morgan fingerprint density at radius 3 is 2.79 bits per heavy atom. The molecule has 0 amide bonds. The van der Waals surface area contributed by atoms with Crippen LogP contribution in [0.4, 0.5) is 5.69 Å². The maximum Gasteiger partial charge on any atom is 0.275 e. The standard InChI is InChI=1S/C14H19ClN2O2/c1-10(11-5-2-3-6-11)16-9-12-13(15)7-4-8-14(12)17(18)19/h4,7-8,10-11,16H,2-3,5-6,9H2,1H3/t10-/m0/s1. The van der Waals surface area contributed by atoms with Crippen molar-refractivity contribution in [1.82, 2.24) is 5.32 Å². The predicted octanol–water partition coefficient (Wildman–Crippen LogP) is 3.92. The van der Waals surface area contributed by atoms with Gasteiger partial charge < -0.3 is 5.32 Å². The van der Waals surface area contributed by atoms with Crippen LogP contribution in [-0.2, 0) is 6.54 Å². The molecule has 0 unspecified atom stereocenters. The number of halogens is 1. The molecular weight excluding hydrogens is 264 g/mol. The van der Waals surface area contributed by atoms with E-state index >= 15 is 0 Å². The van der Waals surface area contributed by atoms with Gasteiger partial charge in [0, 0.05) is 18.7 Å². The maximum absolute atomic E-state index is 11.0. The van der Waals surface area contributed by atoms with Crippen LogP contribution < -0.4 is 5.32 Å². The molecule has 0 spiro atoms. The fourth-order valence-corrected chi connectivity index (χ4v) is 3.02. The summed E-state index contributed by atoms with van der Waals surface area (Å²) in [4.78, 5) is 10.6. The molecule has 0 radical (unpaired) electrons. The minimum Gasteiger partial charge on any atom is -0.310 e. The Kier molecular flexibility index (Phi) is 4.77. The van der Waals surface area contributed by atoms with Crippen LogP contribution >= 0.6 is 11.6 Å². The first kappa shape index (κ1) is 14.3. The number of hydrogen-bond acceptors (Lipinski definition) is 3. The summed E-state index contributed by atoms with van der Waals surface area (Å²) in [7, 11) is 0. The molecule has 2 rings (SSSR count). The SMILES string of the molecule is C[C@H](NCc1c(Cl)cccc1[N+](=O)[O-])C1CCCC1. The third-order valence-electron chi connectivity index (χ3n) is 4.00. The number of nitrogens with zero attached hydrogens (tertiary/aromatic N) is 1. The smallest absolute Gasteiger partial charge is 0.275 e. The van der Waals surface area contributed by atoms with Crippen LogP contribution in [0.2, 0.25) is 5.02 Å². The van der Waals surface area contributed by atoms with Crippen molar-refractivity contribution in [2.75, 3.05) is 0 Å². The Hall–Kier alpha value is -1.13. The van der Waals surface area contributed by atoms with E-state index in [0.717, 1.165) is 0 Å². The van der Waals surface area contributed by atoms with Gasteiger partial charge in [-0.1, -0.05) is 30.5 Å². The molecule has 0 aliphatic heterocycles. The first-order valence-electron chi connectivity index (χ1n) is 6.74. The lowest BCUT2D eigenvalue weighted by atomic mass is 9.99. The van der Waals surface area contributed by atoms with Gasteiger partial charge >= 0.3 is 0 Å². The van der Waals surface area contributed by atoms with Crippen molar-refractivity contribution in [3.8, 4) is 0 Å². The molecular formula is C14H19ClN2O2. The molecule has 104 valence electrons. The molecule has 1 aromatic carbocycles. The van der Waals surface area contributed by atoms with Crippen molar-refractivity contribution in [2.45, 2.75) is 45.2 Å². The van der Waals surface area contributed by atoms with Crippen LogP contribution in [0, 0.1) is 16.0 Å². The van der Waals surface area contributed by atoms with Crippen LogP contribution in [0.3, 0.4) is 0 Å². The zero-order valence-corrected chi connectivity index (χ0v) is 11.8. The Morgan fingerprint density at radius 2 is 2.16 bits per heavy atom. The summed E-state index contributed by atoms with van der Waals surface area (Å²) in [6.45, 7) is 2.60. The molecule has 0 aromatic heterocycles. The molecule has 5 heteroatoms. The van der Waals surface area contributed by atoms with Crippen molar-refractivity contribution in [3.05, 3.63) is 38.9 Å². The predicted molar refractivity (Wildman–Crippen MR) is 76.4 cm³/mol. The molecule has 1 aliphatic carbocycles. The van der Waals surface area contributed by atoms with E-state index in [0.29, 0.717) is 29.1 Å². The van der Waals surface area contributed by atoms with Gasteiger partial charge in [0.25, 0.3) is 5.69 Å². The van der Waals surface area contributed by atoms with E-state index in [1.54, 1.807) is 12.1 Å². The largest absolute Gasteiger partial charge is 0.310 e. The van der Waals surface area contributed by atoms with E-state index in [1.807, 2.05) is 0 Å². The Balaban J connectivity index is 2.04. The molecule has 1 fully saturated rings. The Labute approximate surface area is 118 Å². The molecule has 0 saturated heterocycles. The van der Waals surface area contributed by atoms with Crippen LogP contribution in [0.5, 0.6) is 0 Å². The average Bonchev–Trinajstić information content (AvgIpc) is 2.90. The summed E-state index contributed by atoms with van der Waals surface area (Å²) in [5, 5.41) is 14.8. The van der Waals surface area contributed by atoms with Crippen molar-refractivity contribution in [3.63, 3.8) is 0 Å². The van der Waals surface area contributed by atoms with Crippen molar-refractivity contribution >= 4 is 17.3 Å². The number of nitro benzene ring substituents is 1. The molecule has 4 nitrogen and oxygen atoms in total. The number of nitro groups is 1. The Bertz CT molecular complexity index is 459. The van der Waals surface area contributed by atoms with E-state index in [2.05, 4.69) is 12.2 Å². The minimum atomic E-state index is -0.372. The average molecular weight is 283 g/mol. The first-order valence-corrected chi connectivity index (χ1v) is 7.12. The second-order valence-corrected chi connectivity index (χ2v) is 5.62. The van der Waals surface area contributed by atoms with Gasteiger partial charge in [-0.3, -0.25) is 10.1 Å². The molecule has 0 heterocycles. The molecule has 1 aromatic rings. The van der Waals surface area contributed by atoms with Gasteiger partial charge in [0.1, 0.15) is 0 Å². The van der Waals surface area contributed by atoms with Crippen LogP contribution in [0.15, 0.2) is 18.2 Å². The summed E-state index contributed by atoms with van der Waals surface area (Å²) >= 11 is 6.07. The van der Waals surface area contributed by atoms with E-state index in [1.165, 1.54) is 31.7 Å². The lowest BCUT2D eigenvalue weighted by molar-refractivity contribution is -0.385. The van der Waals surface area contributed by atoms with E-state index in [9.17, 15) is 10.1 Å². The van der Waals surface area contributed by atoms with Gasteiger partial charge in [0.15, 0.2) is 0 Å². The van der Waals surface area contributed by atoms with Gasteiger partial charge in [-0.05, 0) is 31.7 Å². The molecule has 0 bridgehead atoms. The fraction of sp³-hybridized carbons (Fsp3) is 0.571. The second kappa shape index (κ2) is 6.35. The summed E-state index contributed by atoms with van der Waals surface area (Å²) in [5.41, 5.74) is 0.678.